The lowest BCUT2D eigenvalue weighted by molar-refractivity contribution is -0.139. The molecule has 7 heteroatoms. The van der Waals surface area contributed by atoms with Crippen LogP contribution in [-0.4, -0.2) is 5.11 Å². The number of aliphatic hydroxyl groups is 1. The minimum absolute atomic E-state index is 0.00914. The molecule has 2 rings (SSSR count). The molecule has 0 spiro atoms. The zero-order valence-electron chi connectivity index (χ0n) is 9.92. The topological polar surface area (TPSA) is 20.2 Å². The van der Waals surface area contributed by atoms with E-state index in [-0.39, 0.29) is 6.42 Å². The Balaban J connectivity index is 2.36. The normalized spacial score (nSPS) is 13.5. The Morgan fingerprint density at radius 2 is 1.95 bits per heavy atom. The average molecular weight is 369 g/mol. The molecule has 20 heavy (non-hydrogen) atoms. The van der Waals surface area contributed by atoms with Gasteiger partial charge in [0.2, 0.25) is 0 Å². The molecule has 1 aromatic heterocycles. The van der Waals surface area contributed by atoms with Gasteiger partial charge in [0.05, 0.1) is 11.7 Å². The Morgan fingerprint density at radius 3 is 2.50 bits per heavy atom. The van der Waals surface area contributed by atoms with Gasteiger partial charge in [-0.05, 0) is 51.1 Å². The second-order valence-electron chi connectivity index (χ2n) is 4.14. The Morgan fingerprint density at radius 1 is 1.25 bits per heavy atom. The lowest BCUT2D eigenvalue weighted by Crippen LogP contribution is -2.13. The molecule has 0 amide bonds. The summed E-state index contributed by atoms with van der Waals surface area (Å²) in [5.41, 5.74) is -1.46. The lowest BCUT2D eigenvalue weighted by atomic mass is 9.99. The molecular formula is C13H9BrF4OS. The van der Waals surface area contributed by atoms with Crippen LogP contribution in [0.5, 0.6) is 0 Å². The van der Waals surface area contributed by atoms with Crippen LogP contribution in [0.2, 0.25) is 0 Å². The van der Waals surface area contributed by atoms with Gasteiger partial charge < -0.3 is 5.11 Å². The van der Waals surface area contributed by atoms with E-state index in [2.05, 4.69) is 15.9 Å². The fraction of sp³-hybridized carbons (Fsp3) is 0.231. The van der Waals surface area contributed by atoms with Crippen LogP contribution >= 0.6 is 27.3 Å². The Labute approximate surface area is 125 Å². The molecule has 108 valence electrons. The first kappa shape index (κ1) is 15.5. The maximum absolute atomic E-state index is 13.2. The van der Waals surface area contributed by atoms with Gasteiger partial charge in [0.15, 0.2) is 0 Å². The Bertz CT molecular complexity index is 609. The summed E-state index contributed by atoms with van der Waals surface area (Å²) in [7, 11) is 0. The van der Waals surface area contributed by atoms with Crippen LogP contribution in [-0.2, 0) is 12.6 Å². The molecule has 2 aromatic rings. The van der Waals surface area contributed by atoms with Gasteiger partial charge in [-0.2, -0.15) is 13.2 Å². The summed E-state index contributed by atoms with van der Waals surface area (Å²) in [6.07, 6.45) is -6.06. The van der Waals surface area contributed by atoms with E-state index in [4.69, 9.17) is 0 Å². The highest BCUT2D eigenvalue weighted by Gasteiger charge is 2.35. The minimum atomic E-state index is -4.63. The third-order valence-corrected chi connectivity index (χ3v) is 4.70. The molecule has 0 aliphatic rings. The second-order valence-corrected chi connectivity index (χ2v) is 6.00. The molecule has 1 unspecified atom stereocenters. The van der Waals surface area contributed by atoms with Crippen molar-refractivity contribution >= 4 is 27.3 Å². The summed E-state index contributed by atoms with van der Waals surface area (Å²) >= 11 is 4.55. The van der Waals surface area contributed by atoms with Crippen molar-refractivity contribution in [3.05, 3.63) is 55.9 Å². The summed E-state index contributed by atoms with van der Waals surface area (Å²) < 4.78 is 52.5. The highest BCUT2D eigenvalue weighted by molar-refractivity contribution is 9.10. The van der Waals surface area contributed by atoms with Crippen molar-refractivity contribution in [1.29, 1.82) is 0 Å². The quantitative estimate of drug-likeness (QED) is 0.760. The van der Waals surface area contributed by atoms with Gasteiger partial charge in [0.25, 0.3) is 0 Å². The molecule has 1 atom stereocenters. The van der Waals surface area contributed by atoms with Gasteiger partial charge in [-0.3, -0.25) is 0 Å². The summed E-state index contributed by atoms with van der Waals surface area (Å²) in [4.78, 5) is 0.704. The fourth-order valence-corrected chi connectivity index (χ4v) is 3.38. The molecule has 0 bridgehead atoms. The maximum atomic E-state index is 13.2. The molecule has 1 aromatic carbocycles. The van der Waals surface area contributed by atoms with E-state index in [0.717, 1.165) is 12.1 Å². The van der Waals surface area contributed by atoms with Crippen molar-refractivity contribution in [3.8, 4) is 0 Å². The lowest BCUT2D eigenvalue weighted by Gasteiger charge is -2.17. The van der Waals surface area contributed by atoms with Crippen LogP contribution in [0.25, 0.3) is 0 Å². The average Bonchev–Trinajstić information content (AvgIpc) is 2.73. The van der Waals surface area contributed by atoms with Crippen molar-refractivity contribution in [2.24, 2.45) is 0 Å². The summed E-state index contributed by atoms with van der Waals surface area (Å²) in [6, 6.07) is 3.86. The van der Waals surface area contributed by atoms with E-state index in [1.165, 1.54) is 11.3 Å². The van der Waals surface area contributed by atoms with Crippen molar-refractivity contribution in [1.82, 2.24) is 0 Å². The third-order valence-electron chi connectivity index (χ3n) is 2.75. The van der Waals surface area contributed by atoms with Crippen LogP contribution < -0.4 is 0 Å². The number of aliphatic hydroxyl groups excluding tert-OH is 1. The van der Waals surface area contributed by atoms with Gasteiger partial charge in [-0.25, -0.2) is 4.39 Å². The van der Waals surface area contributed by atoms with Gasteiger partial charge in [-0.15, -0.1) is 11.3 Å². The van der Waals surface area contributed by atoms with Crippen LogP contribution in [0.1, 0.15) is 22.1 Å². The van der Waals surface area contributed by atoms with E-state index in [9.17, 15) is 22.7 Å². The van der Waals surface area contributed by atoms with Gasteiger partial charge in [0, 0.05) is 15.8 Å². The van der Waals surface area contributed by atoms with Crippen LogP contribution in [0.4, 0.5) is 17.6 Å². The third kappa shape index (κ3) is 3.39. The van der Waals surface area contributed by atoms with Crippen LogP contribution in [0.15, 0.2) is 34.1 Å². The molecule has 0 aliphatic heterocycles. The predicted molar refractivity (Wildman–Crippen MR) is 72.1 cm³/mol. The second kappa shape index (κ2) is 5.83. The van der Waals surface area contributed by atoms with Gasteiger partial charge in [0.1, 0.15) is 5.82 Å². The molecule has 1 nitrogen and oxygen atoms in total. The zero-order chi connectivity index (χ0) is 14.9. The van der Waals surface area contributed by atoms with Crippen molar-refractivity contribution in [3.63, 3.8) is 0 Å². The van der Waals surface area contributed by atoms with E-state index >= 15 is 0 Å². The SMILES string of the molecule is OC(Cc1sccc1Br)c1cc(F)ccc1C(F)(F)F. The molecule has 1 N–H and O–H groups in total. The van der Waals surface area contributed by atoms with Crippen LogP contribution in [0.3, 0.4) is 0 Å². The molecule has 0 saturated heterocycles. The first-order valence-electron chi connectivity index (χ1n) is 5.55. The molecule has 0 saturated carbocycles. The van der Waals surface area contributed by atoms with Crippen molar-refractivity contribution < 1.29 is 22.7 Å². The predicted octanol–water partition coefficient (Wildman–Crippen LogP) is 4.94. The van der Waals surface area contributed by atoms with Gasteiger partial charge >= 0.3 is 6.18 Å². The number of hydrogen-bond acceptors (Lipinski definition) is 2. The van der Waals surface area contributed by atoms with Crippen molar-refractivity contribution in [2.45, 2.75) is 18.7 Å². The fourth-order valence-electron chi connectivity index (χ4n) is 1.82. The first-order chi connectivity index (χ1) is 9.29. The summed E-state index contributed by atoms with van der Waals surface area (Å²) in [6.45, 7) is 0. The number of alkyl halides is 3. The van der Waals surface area contributed by atoms with E-state index in [0.29, 0.717) is 15.4 Å². The van der Waals surface area contributed by atoms with Crippen molar-refractivity contribution in [2.75, 3.05) is 0 Å². The number of rotatable bonds is 3. The molecule has 0 radical (unpaired) electrons. The molecule has 0 fully saturated rings. The first-order valence-corrected chi connectivity index (χ1v) is 7.23. The standard InChI is InChI=1S/C13H9BrF4OS/c14-10-3-4-20-12(10)6-11(19)8-5-7(15)1-2-9(8)13(16,17)18/h1-5,11,19H,6H2. The minimum Gasteiger partial charge on any atom is -0.388 e. The molecule has 1 heterocycles. The summed E-state index contributed by atoms with van der Waals surface area (Å²) in [5.74, 6) is -0.808. The van der Waals surface area contributed by atoms with Gasteiger partial charge in [-0.1, -0.05) is 0 Å². The number of thiophene rings is 1. The van der Waals surface area contributed by atoms with E-state index in [1.807, 2.05) is 0 Å². The van der Waals surface area contributed by atoms with Crippen LogP contribution in [0, 0.1) is 5.82 Å². The number of benzene rings is 1. The Kier molecular flexibility index (Phi) is 4.51. The summed E-state index contributed by atoms with van der Waals surface area (Å²) in [5, 5.41) is 11.8. The van der Waals surface area contributed by atoms with E-state index < -0.39 is 29.2 Å². The monoisotopic (exact) mass is 368 g/mol. The largest absolute Gasteiger partial charge is 0.416 e. The maximum Gasteiger partial charge on any atom is 0.416 e. The highest BCUT2D eigenvalue weighted by atomic mass is 79.9. The molecular weight excluding hydrogens is 360 g/mol. The smallest absolute Gasteiger partial charge is 0.388 e. The highest BCUT2D eigenvalue weighted by Crippen LogP contribution is 2.37. The number of hydrogen-bond donors (Lipinski definition) is 1. The molecule has 0 aliphatic carbocycles. The van der Waals surface area contributed by atoms with E-state index in [1.54, 1.807) is 11.4 Å². The number of halogens is 5. The zero-order valence-corrected chi connectivity index (χ0v) is 12.3. The Hall–Kier alpha value is -0.920.